The van der Waals surface area contributed by atoms with Crippen LogP contribution in [0.3, 0.4) is 0 Å². The smallest absolute Gasteiger partial charge is 0.162 e. The number of rotatable bonds is 2. The molecule has 0 radical (unpaired) electrons. The second kappa shape index (κ2) is 3.75. The van der Waals surface area contributed by atoms with Crippen LogP contribution < -0.4 is 4.74 Å². The van der Waals surface area contributed by atoms with Gasteiger partial charge in [0.15, 0.2) is 6.33 Å². The van der Waals surface area contributed by atoms with Crippen LogP contribution >= 0.6 is 15.9 Å². The van der Waals surface area contributed by atoms with Gasteiger partial charge >= 0.3 is 0 Å². The molecule has 0 atom stereocenters. The molecule has 0 amide bonds. The lowest BCUT2D eigenvalue weighted by molar-refractivity contribution is 0.412. The summed E-state index contributed by atoms with van der Waals surface area (Å²) in [7, 11) is 1.62. The molecular formula is C8H7BrN4O. The number of halogens is 1. The van der Waals surface area contributed by atoms with Crippen LogP contribution in [-0.2, 0) is 0 Å². The predicted octanol–water partition coefficient (Wildman–Crippen LogP) is 1.43. The van der Waals surface area contributed by atoms with Gasteiger partial charge in [-0.2, -0.15) is 0 Å². The number of benzene rings is 1. The molecule has 0 saturated carbocycles. The van der Waals surface area contributed by atoms with Crippen molar-refractivity contribution in [1.29, 1.82) is 0 Å². The highest BCUT2D eigenvalue weighted by Crippen LogP contribution is 2.26. The molecule has 0 aliphatic carbocycles. The number of ether oxygens (including phenoxy) is 1. The number of methoxy groups -OCH3 is 1. The van der Waals surface area contributed by atoms with Crippen molar-refractivity contribution in [2.75, 3.05) is 7.11 Å². The minimum Gasteiger partial charge on any atom is -0.496 e. The van der Waals surface area contributed by atoms with Gasteiger partial charge in [-0.1, -0.05) is 0 Å². The second-order valence-electron chi connectivity index (χ2n) is 2.54. The Morgan fingerprint density at radius 3 is 2.86 bits per heavy atom. The topological polar surface area (TPSA) is 52.8 Å². The zero-order chi connectivity index (χ0) is 9.97. The third-order valence-electron chi connectivity index (χ3n) is 1.72. The summed E-state index contributed by atoms with van der Waals surface area (Å²) in [6.45, 7) is 0. The molecule has 2 rings (SSSR count). The van der Waals surface area contributed by atoms with Crippen LogP contribution in [0.4, 0.5) is 0 Å². The minimum absolute atomic E-state index is 0.772. The lowest BCUT2D eigenvalue weighted by Gasteiger charge is -2.04. The van der Waals surface area contributed by atoms with Gasteiger partial charge in [0, 0.05) is 0 Å². The highest BCUT2D eigenvalue weighted by atomic mass is 79.9. The van der Waals surface area contributed by atoms with Crippen molar-refractivity contribution in [3.05, 3.63) is 29.0 Å². The van der Waals surface area contributed by atoms with Crippen LogP contribution in [0, 0.1) is 0 Å². The maximum absolute atomic E-state index is 5.10. The highest BCUT2D eigenvalue weighted by Gasteiger charge is 2.03. The van der Waals surface area contributed by atoms with Gasteiger partial charge < -0.3 is 4.74 Å². The van der Waals surface area contributed by atoms with Crippen molar-refractivity contribution in [3.8, 4) is 11.4 Å². The van der Waals surface area contributed by atoms with E-state index in [-0.39, 0.29) is 0 Å². The Kier molecular flexibility index (Phi) is 2.45. The Bertz CT molecular complexity index is 429. The first-order valence-electron chi connectivity index (χ1n) is 3.88. The summed E-state index contributed by atoms with van der Waals surface area (Å²) >= 11 is 3.38. The van der Waals surface area contributed by atoms with Crippen molar-refractivity contribution < 1.29 is 4.74 Å². The fourth-order valence-electron chi connectivity index (χ4n) is 1.07. The Morgan fingerprint density at radius 1 is 1.43 bits per heavy atom. The molecule has 6 heteroatoms. The molecule has 1 aromatic carbocycles. The standard InChI is InChI=1S/C8H7BrN4O/c1-14-8-3-2-6(4-7(8)9)13-11-5-10-12-13/h2-5H,1H3. The van der Waals surface area contributed by atoms with E-state index in [0.717, 1.165) is 15.9 Å². The van der Waals surface area contributed by atoms with E-state index in [1.54, 1.807) is 7.11 Å². The van der Waals surface area contributed by atoms with Crippen LogP contribution in [0.1, 0.15) is 0 Å². The summed E-state index contributed by atoms with van der Waals surface area (Å²) in [6, 6.07) is 5.55. The average Bonchev–Trinajstić information content (AvgIpc) is 2.70. The molecular weight excluding hydrogens is 248 g/mol. The van der Waals surface area contributed by atoms with E-state index in [1.165, 1.54) is 11.1 Å². The third-order valence-corrected chi connectivity index (χ3v) is 2.34. The first-order chi connectivity index (χ1) is 6.81. The summed E-state index contributed by atoms with van der Waals surface area (Å²) in [6.07, 6.45) is 1.39. The van der Waals surface area contributed by atoms with E-state index in [4.69, 9.17) is 4.74 Å². The fraction of sp³-hybridized carbons (Fsp3) is 0.125. The van der Waals surface area contributed by atoms with Gasteiger partial charge in [-0.25, -0.2) is 0 Å². The summed E-state index contributed by atoms with van der Waals surface area (Å²) in [5, 5.41) is 11.3. The molecule has 72 valence electrons. The molecule has 1 heterocycles. The van der Waals surface area contributed by atoms with Crippen LogP contribution in [0.2, 0.25) is 0 Å². The molecule has 0 N–H and O–H groups in total. The largest absolute Gasteiger partial charge is 0.496 e. The number of aromatic nitrogens is 4. The molecule has 14 heavy (non-hydrogen) atoms. The number of hydrogen-bond donors (Lipinski definition) is 0. The van der Waals surface area contributed by atoms with Gasteiger partial charge in [0.25, 0.3) is 0 Å². The summed E-state index contributed by atoms with van der Waals surface area (Å²) in [5.74, 6) is 0.772. The van der Waals surface area contributed by atoms with Gasteiger partial charge in [0.1, 0.15) is 5.75 Å². The maximum Gasteiger partial charge on any atom is 0.162 e. The quantitative estimate of drug-likeness (QED) is 0.814. The van der Waals surface area contributed by atoms with Crippen molar-refractivity contribution in [1.82, 2.24) is 20.2 Å². The van der Waals surface area contributed by atoms with Crippen LogP contribution in [0.15, 0.2) is 29.0 Å². The molecule has 0 bridgehead atoms. The predicted molar refractivity (Wildman–Crippen MR) is 53.4 cm³/mol. The fourth-order valence-corrected chi connectivity index (χ4v) is 1.59. The first kappa shape index (κ1) is 9.14. The first-order valence-corrected chi connectivity index (χ1v) is 4.67. The molecule has 5 nitrogen and oxygen atoms in total. The van der Waals surface area contributed by atoms with Crippen molar-refractivity contribution in [3.63, 3.8) is 0 Å². The third kappa shape index (κ3) is 1.60. The summed E-state index contributed by atoms with van der Waals surface area (Å²) in [5.41, 5.74) is 0.829. The Balaban J connectivity index is 2.43. The number of tetrazole rings is 1. The van der Waals surface area contributed by atoms with Crippen molar-refractivity contribution in [2.45, 2.75) is 0 Å². The Morgan fingerprint density at radius 2 is 2.29 bits per heavy atom. The van der Waals surface area contributed by atoms with Crippen LogP contribution in [0.5, 0.6) is 5.75 Å². The molecule has 0 fully saturated rings. The molecule has 0 aliphatic heterocycles. The zero-order valence-corrected chi connectivity index (χ0v) is 8.97. The van der Waals surface area contributed by atoms with E-state index in [1.807, 2.05) is 18.2 Å². The van der Waals surface area contributed by atoms with Gasteiger partial charge in [0.05, 0.1) is 17.3 Å². The normalized spacial score (nSPS) is 10.1. The second-order valence-corrected chi connectivity index (χ2v) is 3.40. The molecule has 2 aromatic rings. The molecule has 1 aromatic heterocycles. The molecule has 0 saturated heterocycles. The van der Waals surface area contributed by atoms with Crippen LogP contribution in [-0.4, -0.2) is 27.3 Å². The number of hydrogen-bond acceptors (Lipinski definition) is 4. The van der Waals surface area contributed by atoms with E-state index in [2.05, 4.69) is 31.3 Å². The average molecular weight is 255 g/mol. The van der Waals surface area contributed by atoms with E-state index in [9.17, 15) is 0 Å². The van der Waals surface area contributed by atoms with Gasteiger partial charge in [-0.15, -0.1) is 15.0 Å². The van der Waals surface area contributed by atoms with Gasteiger partial charge in [0.2, 0.25) is 0 Å². The molecule has 0 aliphatic rings. The Labute approximate surface area is 88.8 Å². The minimum atomic E-state index is 0.772. The van der Waals surface area contributed by atoms with Gasteiger partial charge in [-0.3, -0.25) is 0 Å². The van der Waals surface area contributed by atoms with E-state index >= 15 is 0 Å². The van der Waals surface area contributed by atoms with Gasteiger partial charge in [-0.05, 0) is 39.3 Å². The SMILES string of the molecule is COc1ccc(-n2ncnn2)cc1Br. The molecule has 0 spiro atoms. The lowest BCUT2D eigenvalue weighted by atomic mass is 10.3. The van der Waals surface area contributed by atoms with E-state index < -0.39 is 0 Å². The van der Waals surface area contributed by atoms with Crippen LogP contribution in [0.25, 0.3) is 5.69 Å². The van der Waals surface area contributed by atoms with E-state index in [0.29, 0.717) is 0 Å². The maximum atomic E-state index is 5.10. The summed E-state index contributed by atoms with van der Waals surface area (Å²) in [4.78, 5) is 1.43. The summed E-state index contributed by atoms with van der Waals surface area (Å²) < 4.78 is 5.96. The van der Waals surface area contributed by atoms with Crippen molar-refractivity contribution >= 4 is 15.9 Å². The molecule has 0 unspecified atom stereocenters. The highest BCUT2D eigenvalue weighted by molar-refractivity contribution is 9.10. The number of nitrogens with zero attached hydrogens (tertiary/aromatic N) is 4. The van der Waals surface area contributed by atoms with Crippen molar-refractivity contribution in [2.24, 2.45) is 0 Å². The Hall–Kier alpha value is -1.43. The monoisotopic (exact) mass is 254 g/mol. The lowest BCUT2D eigenvalue weighted by Crippen LogP contribution is -1.99. The zero-order valence-electron chi connectivity index (χ0n) is 7.38.